The van der Waals surface area contributed by atoms with Crippen LogP contribution in [0.2, 0.25) is 0 Å². The summed E-state index contributed by atoms with van der Waals surface area (Å²) in [7, 11) is 1.70. The lowest BCUT2D eigenvalue weighted by Crippen LogP contribution is -1.98. The van der Waals surface area contributed by atoms with E-state index in [2.05, 4.69) is 37.3 Å². The molecule has 0 saturated carbocycles. The monoisotopic (exact) mass is 282 g/mol. The average molecular weight is 282 g/mol. The molecule has 0 heterocycles. The van der Waals surface area contributed by atoms with Crippen molar-refractivity contribution in [2.75, 3.05) is 7.11 Å². The molecule has 21 heavy (non-hydrogen) atoms. The number of benzene rings is 2. The van der Waals surface area contributed by atoms with Crippen LogP contribution in [0.15, 0.2) is 60.9 Å². The van der Waals surface area contributed by atoms with Crippen LogP contribution in [-0.4, -0.2) is 12.2 Å². The van der Waals surface area contributed by atoms with Crippen LogP contribution in [0.3, 0.4) is 0 Å². The van der Waals surface area contributed by atoms with Crippen LogP contribution in [0, 0.1) is 5.92 Å². The first kappa shape index (κ1) is 15.2. The first-order valence-corrected chi connectivity index (χ1v) is 7.26. The van der Waals surface area contributed by atoms with Crippen LogP contribution < -0.4 is 4.74 Å². The van der Waals surface area contributed by atoms with E-state index in [1.54, 1.807) is 13.2 Å². The Morgan fingerprint density at radius 2 is 1.81 bits per heavy atom. The Labute approximate surface area is 126 Å². The second-order valence-electron chi connectivity index (χ2n) is 5.33. The SMILES string of the molecule is COc1ccccc1-c1ccc(CC(C)CC=CO)cc1. The van der Waals surface area contributed by atoms with Crippen molar-refractivity contribution in [3.05, 3.63) is 66.4 Å². The molecule has 0 aliphatic carbocycles. The van der Waals surface area contributed by atoms with Crippen molar-refractivity contribution >= 4 is 0 Å². The lowest BCUT2D eigenvalue weighted by Gasteiger charge is -2.11. The minimum atomic E-state index is 0.519. The van der Waals surface area contributed by atoms with Crippen LogP contribution in [0.5, 0.6) is 5.75 Å². The number of aliphatic hydroxyl groups is 1. The Hall–Kier alpha value is -2.22. The molecule has 0 aromatic heterocycles. The number of ether oxygens (including phenoxy) is 1. The number of para-hydroxylation sites is 1. The van der Waals surface area contributed by atoms with Gasteiger partial charge in [0.2, 0.25) is 0 Å². The van der Waals surface area contributed by atoms with E-state index in [0.717, 1.165) is 30.4 Å². The van der Waals surface area contributed by atoms with Gasteiger partial charge in [-0.25, -0.2) is 0 Å². The van der Waals surface area contributed by atoms with Gasteiger partial charge < -0.3 is 9.84 Å². The molecule has 0 bridgehead atoms. The predicted molar refractivity (Wildman–Crippen MR) is 87.7 cm³/mol. The van der Waals surface area contributed by atoms with E-state index in [1.807, 2.05) is 18.2 Å². The molecule has 0 amide bonds. The Morgan fingerprint density at radius 1 is 1.10 bits per heavy atom. The summed E-state index contributed by atoms with van der Waals surface area (Å²) < 4.78 is 5.41. The van der Waals surface area contributed by atoms with E-state index < -0.39 is 0 Å². The first-order valence-electron chi connectivity index (χ1n) is 7.26. The summed E-state index contributed by atoms with van der Waals surface area (Å²) in [6.07, 6.45) is 4.83. The molecule has 0 spiro atoms. The lowest BCUT2D eigenvalue weighted by atomic mass is 9.96. The third-order valence-corrected chi connectivity index (χ3v) is 3.60. The lowest BCUT2D eigenvalue weighted by molar-refractivity contribution is 0.416. The van der Waals surface area contributed by atoms with Gasteiger partial charge in [0.05, 0.1) is 13.4 Å². The average Bonchev–Trinajstić information content (AvgIpc) is 2.53. The van der Waals surface area contributed by atoms with E-state index in [-0.39, 0.29) is 0 Å². The molecule has 110 valence electrons. The number of rotatable bonds is 6. The highest BCUT2D eigenvalue weighted by atomic mass is 16.5. The molecular formula is C19H22O2. The number of methoxy groups -OCH3 is 1. The molecule has 1 N–H and O–H groups in total. The zero-order valence-electron chi connectivity index (χ0n) is 12.6. The summed E-state index contributed by atoms with van der Waals surface area (Å²) in [5.41, 5.74) is 3.59. The minimum Gasteiger partial charge on any atom is -0.516 e. The van der Waals surface area contributed by atoms with E-state index in [4.69, 9.17) is 9.84 Å². The smallest absolute Gasteiger partial charge is 0.126 e. The fourth-order valence-corrected chi connectivity index (χ4v) is 2.48. The molecule has 0 fully saturated rings. The number of hydrogen-bond donors (Lipinski definition) is 1. The fourth-order valence-electron chi connectivity index (χ4n) is 2.48. The summed E-state index contributed by atoms with van der Waals surface area (Å²) >= 11 is 0. The van der Waals surface area contributed by atoms with Gasteiger partial charge in [0.25, 0.3) is 0 Å². The third-order valence-electron chi connectivity index (χ3n) is 3.60. The van der Waals surface area contributed by atoms with Crippen molar-refractivity contribution in [3.63, 3.8) is 0 Å². The molecule has 1 atom stereocenters. The molecule has 2 rings (SSSR count). The van der Waals surface area contributed by atoms with Gasteiger partial charge in [0.15, 0.2) is 0 Å². The highest BCUT2D eigenvalue weighted by molar-refractivity contribution is 5.70. The Bertz CT molecular complexity index is 585. The van der Waals surface area contributed by atoms with Crippen LogP contribution in [0.4, 0.5) is 0 Å². The summed E-state index contributed by atoms with van der Waals surface area (Å²) in [6.45, 7) is 2.19. The first-order chi connectivity index (χ1) is 10.2. The summed E-state index contributed by atoms with van der Waals surface area (Å²) in [5, 5.41) is 8.70. The van der Waals surface area contributed by atoms with Crippen molar-refractivity contribution in [1.29, 1.82) is 0 Å². The van der Waals surface area contributed by atoms with Crippen molar-refractivity contribution in [2.45, 2.75) is 19.8 Å². The fraction of sp³-hybridized carbons (Fsp3) is 0.263. The van der Waals surface area contributed by atoms with Gasteiger partial charge in [-0.1, -0.05) is 49.4 Å². The Kier molecular flexibility index (Phi) is 5.44. The van der Waals surface area contributed by atoms with Gasteiger partial charge in [-0.2, -0.15) is 0 Å². The van der Waals surface area contributed by atoms with Gasteiger partial charge in [-0.15, -0.1) is 0 Å². The summed E-state index contributed by atoms with van der Waals surface area (Å²) in [6, 6.07) is 16.7. The maximum atomic E-state index is 8.70. The number of allylic oxidation sites excluding steroid dienone is 1. The molecule has 0 aliphatic heterocycles. The molecule has 2 nitrogen and oxygen atoms in total. The molecule has 2 heteroatoms. The number of hydrogen-bond acceptors (Lipinski definition) is 2. The van der Waals surface area contributed by atoms with Gasteiger partial charge >= 0.3 is 0 Å². The van der Waals surface area contributed by atoms with Crippen molar-refractivity contribution in [1.82, 2.24) is 0 Å². The molecule has 0 aliphatic rings. The number of aliphatic hydroxyl groups excluding tert-OH is 1. The minimum absolute atomic E-state index is 0.519. The normalized spacial score (nSPS) is 12.5. The van der Waals surface area contributed by atoms with Crippen LogP contribution in [0.25, 0.3) is 11.1 Å². The van der Waals surface area contributed by atoms with Gasteiger partial charge in [-0.05, 0) is 42.0 Å². The zero-order chi connectivity index (χ0) is 15.1. The van der Waals surface area contributed by atoms with Crippen LogP contribution >= 0.6 is 0 Å². The summed E-state index contributed by atoms with van der Waals surface area (Å²) in [5.74, 6) is 1.41. The maximum Gasteiger partial charge on any atom is 0.126 e. The van der Waals surface area contributed by atoms with Gasteiger partial charge in [0.1, 0.15) is 5.75 Å². The standard InChI is InChI=1S/C19H22O2/c1-15(6-5-13-20)14-16-9-11-17(12-10-16)18-7-3-4-8-19(18)21-2/h3-5,7-13,15,20H,6,14H2,1-2H3. The topological polar surface area (TPSA) is 29.5 Å². The molecule has 0 radical (unpaired) electrons. The summed E-state index contributed by atoms with van der Waals surface area (Å²) in [4.78, 5) is 0. The molecule has 2 aromatic carbocycles. The van der Waals surface area contributed by atoms with Crippen molar-refractivity contribution in [2.24, 2.45) is 5.92 Å². The van der Waals surface area contributed by atoms with Gasteiger partial charge in [0, 0.05) is 5.56 Å². The predicted octanol–water partition coefficient (Wildman–Crippen LogP) is 5.00. The molecule has 2 aromatic rings. The van der Waals surface area contributed by atoms with Gasteiger partial charge in [-0.3, -0.25) is 0 Å². The van der Waals surface area contributed by atoms with Crippen LogP contribution in [0.1, 0.15) is 18.9 Å². The van der Waals surface area contributed by atoms with E-state index in [0.29, 0.717) is 5.92 Å². The Morgan fingerprint density at radius 3 is 2.48 bits per heavy atom. The largest absolute Gasteiger partial charge is 0.516 e. The van der Waals surface area contributed by atoms with Crippen LogP contribution in [-0.2, 0) is 6.42 Å². The Balaban J connectivity index is 2.12. The maximum absolute atomic E-state index is 8.70. The van der Waals surface area contributed by atoms with Crippen molar-refractivity contribution in [3.8, 4) is 16.9 Å². The quantitative estimate of drug-likeness (QED) is 0.755. The highest BCUT2D eigenvalue weighted by Gasteiger charge is 2.06. The van der Waals surface area contributed by atoms with E-state index in [9.17, 15) is 0 Å². The molecule has 0 saturated heterocycles. The third kappa shape index (κ3) is 4.12. The molecule has 1 unspecified atom stereocenters. The molecular weight excluding hydrogens is 260 g/mol. The van der Waals surface area contributed by atoms with Crippen molar-refractivity contribution < 1.29 is 9.84 Å². The second-order valence-corrected chi connectivity index (χ2v) is 5.33. The second kappa shape index (κ2) is 7.53. The highest BCUT2D eigenvalue weighted by Crippen LogP contribution is 2.29. The van der Waals surface area contributed by atoms with E-state index >= 15 is 0 Å². The zero-order valence-corrected chi connectivity index (χ0v) is 12.6. The van der Waals surface area contributed by atoms with E-state index in [1.165, 1.54) is 11.1 Å².